The first-order chi connectivity index (χ1) is 13.5. The second-order valence-electron chi connectivity index (χ2n) is 6.10. The molecule has 0 saturated heterocycles. The largest absolute Gasteiger partial charge is 0.304 e. The van der Waals surface area contributed by atoms with Gasteiger partial charge in [-0.05, 0) is 47.5 Å². The molecule has 0 bridgehead atoms. The molecule has 1 aromatic heterocycles. The van der Waals surface area contributed by atoms with Crippen LogP contribution < -0.4 is 5.32 Å². The average molecular weight is 374 g/mol. The van der Waals surface area contributed by atoms with Crippen LogP contribution in [0.1, 0.15) is 15.9 Å². The number of benzene rings is 3. The van der Waals surface area contributed by atoms with Gasteiger partial charge >= 0.3 is 0 Å². The first-order valence-corrected chi connectivity index (χ1v) is 8.30. The summed E-state index contributed by atoms with van der Waals surface area (Å²) in [7, 11) is 0. The quantitative estimate of drug-likeness (QED) is 0.548. The number of anilines is 1. The van der Waals surface area contributed by atoms with Crippen LogP contribution in [0.4, 0.5) is 14.6 Å². The summed E-state index contributed by atoms with van der Waals surface area (Å²) >= 11 is 0. The van der Waals surface area contributed by atoms with Crippen molar-refractivity contribution in [1.29, 1.82) is 5.26 Å². The maximum absolute atomic E-state index is 13.8. The highest BCUT2D eigenvalue weighted by atomic mass is 19.1. The van der Waals surface area contributed by atoms with Crippen molar-refractivity contribution in [2.24, 2.45) is 0 Å². The van der Waals surface area contributed by atoms with Crippen molar-refractivity contribution in [1.82, 2.24) is 10.2 Å². The van der Waals surface area contributed by atoms with Crippen molar-refractivity contribution in [3.63, 3.8) is 0 Å². The van der Waals surface area contributed by atoms with E-state index in [4.69, 9.17) is 5.26 Å². The maximum atomic E-state index is 13.8. The molecule has 136 valence electrons. The molecule has 0 unspecified atom stereocenters. The molecule has 0 aliphatic rings. The summed E-state index contributed by atoms with van der Waals surface area (Å²) in [5.41, 5.74) is 2.68. The van der Waals surface area contributed by atoms with Gasteiger partial charge < -0.3 is 5.32 Å². The molecule has 4 aromatic rings. The lowest BCUT2D eigenvalue weighted by Crippen LogP contribution is -2.14. The summed E-state index contributed by atoms with van der Waals surface area (Å²) in [6.45, 7) is 0. The first kappa shape index (κ1) is 17.4. The van der Waals surface area contributed by atoms with Gasteiger partial charge in [-0.25, -0.2) is 8.78 Å². The summed E-state index contributed by atoms with van der Waals surface area (Å²) in [5.74, 6) is -2.19. The van der Waals surface area contributed by atoms with E-state index < -0.39 is 17.5 Å². The van der Waals surface area contributed by atoms with E-state index in [0.717, 1.165) is 23.3 Å². The number of carbonyl (C=O) groups is 1. The topological polar surface area (TPSA) is 81.6 Å². The Hall–Kier alpha value is -4.05. The number of amides is 1. The van der Waals surface area contributed by atoms with E-state index in [1.54, 1.807) is 24.3 Å². The highest BCUT2D eigenvalue weighted by Crippen LogP contribution is 2.28. The zero-order valence-electron chi connectivity index (χ0n) is 14.3. The third kappa shape index (κ3) is 3.19. The van der Waals surface area contributed by atoms with Gasteiger partial charge in [0.25, 0.3) is 5.91 Å². The average Bonchev–Trinajstić information content (AvgIpc) is 3.10. The Bertz CT molecular complexity index is 1260. The van der Waals surface area contributed by atoms with Crippen LogP contribution in [0.3, 0.4) is 0 Å². The second-order valence-corrected chi connectivity index (χ2v) is 6.10. The van der Waals surface area contributed by atoms with Crippen molar-refractivity contribution < 1.29 is 13.6 Å². The molecule has 0 radical (unpaired) electrons. The number of H-pyrrole nitrogens is 1. The van der Waals surface area contributed by atoms with Crippen molar-refractivity contribution >= 4 is 22.6 Å². The molecule has 28 heavy (non-hydrogen) atoms. The Morgan fingerprint density at radius 2 is 1.86 bits per heavy atom. The second kappa shape index (κ2) is 6.93. The minimum atomic E-state index is -0.947. The van der Waals surface area contributed by atoms with Crippen LogP contribution in [0.5, 0.6) is 0 Å². The van der Waals surface area contributed by atoms with Gasteiger partial charge in [0.05, 0.1) is 22.7 Å². The van der Waals surface area contributed by atoms with Gasteiger partial charge in [0.1, 0.15) is 11.6 Å². The predicted octanol–water partition coefficient (Wildman–Crippen LogP) is 4.63. The summed E-state index contributed by atoms with van der Waals surface area (Å²) in [4.78, 5) is 12.3. The Balaban J connectivity index is 1.65. The molecule has 0 atom stereocenters. The minimum Gasteiger partial charge on any atom is -0.304 e. The number of nitrogens with zero attached hydrogens (tertiary/aromatic N) is 2. The molecule has 2 N–H and O–H groups in total. The van der Waals surface area contributed by atoms with Crippen molar-refractivity contribution in [2.75, 3.05) is 5.32 Å². The number of nitriles is 1. The monoisotopic (exact) mass is 374 g/mol. The standard InChI is InChI=1S/C21H12F2N4O/c22-15-5-7-16(18(23)10-15)21(28)25-20-17-6-4-14(9-19(17)26-27-20)13-3-1-2-12(8-13)11-24/h1-10H,(H2,25,26,27,28). The number of nitrogens with one attached hydrogen (secondary N) is 2. The molecule has 7 heteroatoms. The van der Waals surface area contributed by atoms with Crippen LogP contribution in [-0.4, -0.2) is 16.1 Å². The summed E-state index contributed by atoms with van der Waals surface area (Å²) in [5, 5.41) is 19.1. The lowest BCUT2D eigenvalue weighted by atomic mass is 10.0. The van der Waals surface area contributed by atoms with Crippen LogP contribution in [-0.2, 0) is 0 Å². The Kier molecular flexibility index (Phi) is 4.30. The number of hydrogen-bond acceptors (Lipinski definition) is 3. The zero-order chi connectivity index (χ0) is 19.7. The summed E-state index contributed by atoms with van der Waals surface area (Å²) < 4.78 is 26.8. The number of halogens is 2. The van der Waals surface area contributed by atoms with Gasteiger partial charge in [-0.2, -0.15) is 10.4 Å². The summed E-state index contributed by atoms with van der Waals surface area (Å²) in [6.07, 6.45) is 0. The number of carbonyl (C=O) groups excluding carboxylic acids is 1. The SMILES string of the molecule is N#Cc1cccc(-c2ccc3c(NC(=O)c4ccc(F)cc4F)n[nH]c3c2)c1. The van der Waals surface area contributed by atoms with Crippen molar-refractivity contribution in [2.45, 2.75) is 0 Å². The number of fused-ring (bicyclic) bond motifs is 1. The smallest absolute Gasteiger partial charge is 0.259 e. The molecular weight excluding hydrogens is 362 g/mol. The molecule has 1 amide bonds. The molecule has 4 rings (SSSR count). The van der Waals surface area contributed by atoms with E-state index in [0.29, 0.717) is 22.5 Å². The molecule has 0 spiro atoms. The Morgan fingerprint density at radius 1 is 1.04 bits per heavy atom. The minimum absolute atomic E-state index is 0.237. The molecule has 0 aliphatic heterocycles. The van der Waals surface area contributed by atoms with Crippen LogP contribution in [0.2, 0.25) is 0 Å². The number of rotatable bonds is 3. The van der Waals surface area contributed by atoms with Gasteiger partial charge in [-0.1, -0.05) is 18.2 Å². The van der Waals surface area contributed by atoms with E-state index in [9.17, 15) is 13.6 Å². The highest BCUT2D eigenvalue weighted by molar-refractivity contribution is 6.08. The lowest BCUT2D eigenvalue weighted by molar-refractivity contribution is 0.102. The normalized spacial score (nSPS) is 10.6. The predicted molar refractivity (Wildman–Crippen MR) is 101 cm³/mol. The molecule has 0 fully saturated rings. The fourth-order valence-electron chi connectivity index (χ4n) is 2.91. The summed E-state index contributed by atoms with van der Waals surface area (Å²) in [6, 6.07) is 17.5. The van der Waals surface area contributed by atoms with E-state index in [-0.39, 0.29) is 11.4 Å². The molecule has 0 saturated carbocycles. The zero-order valence-corrected chi connectivity index (χ0v) is 14.3. The molecule has 5 nitrogen and oxygen atoms in total. The molecule has 3 aromatic carbocycles. The Labute approximate surface area is 158 Å². The van der Waals surface area contributed by atoms with Crippen LogP contribution in [0.25, 0.3) is 22.0 Å². The van der Waals surface area contributed by atoms with Gasteiger partial charge in [0, 0.05) is 11.5 Å². The first-order valence-electron chi connectivity index (χ1n) is 8.30. The lowest BCUT2D eigenvalue weighted by Gasteiger charge is -2.05. The van der Waals surface area contributed by atoms with E-state index in [1.807, 2.05) is 18.2 Å². The number of aromatic nitrogens is 2. The fourth-order valence-corrected chi connectivity index (χ4v) is 2.91. The van der Waals surface area contributed by atoms with Crippen LogP contribution >= 0.6 is 0 Å². The molecule has 1 heterocycles. The molecule has 0 aliphatic carbocycles. The van der Waals surface area contributed by atoms with Gasteiger partial charge in [0.15, 0.2) is 5.82 Å². The van der Waals surface area contributed by atoms with Crippen molar-refractivity contribution in [3.8, 4) is 17.2 Å². The van der Waals surface area contributed by atoms with Gasteiger partial charge in [-0.15, -0.1) is 0 Å². The van der Waals surface area contributed by atoms with E-state index in [2.05, 4.69) is 21.6 Å². The number of aromatic amines is 1. The van der Waals surface area contributed by atoms with Gasteiger partial charge in [-0.3, -0.25) is 9.89 Å². The van der Waals surface area contributed by atoms with E-state index in [1.165, 1.54) is 0 Å². The van der Waals surface area contributed by atoms with Crippen molar-refractivity contribution in [3.05, 3.63) is 83.4 Å². The number of hydrogen-bond donors (Lipinski definition) is 2. The van der Waals surface area contributed by atoms with Gasteiger partial charge in [0.2, 0.25) is 0 Å². The van der Waals surface area contributed by atoms with E-state index >= 15 is 0 Å². The maximum Gasteiger partial charge on any atom is 0.259 e. The van der Waals surface area contributed by atoms with Crippen LogP contribution in [0.15, 0.2) is 60.7 Å². The highest BCUT2D eigenvalue weighted by Gasteiger charge is 2.16. The van der Waals surface area contributed by atoms with Crippen LogP contribution in [0, 0.1) is 23.0 Å². The Morgan fingerprint density at radius 3 is 2.64 bits per heavy atom. The molecular formula is C21H12F2N4O. The fraction of sp³-hybridized carbons (Fsp3) is 0. The third-order valence-electron chi connectivity index (χ3n) is 4.30. The third-order valence-corrected chi connectivity index (χ3v) is 4.30.